The molecule has 2 aromatic carbocycles. The molecule has 0 bridgehead atoms. The van der Waals surface area contributed by atoms with Crippen LogP contribution in [0.25, 0.3) is 0 Å². The first-order valence-electron chi connectivity index (χ1n) is 9.67. The number of hydrogen-bond acceptors (Lipinski definition) is 5. The normalized spacial score (nSPS) is 18.3. The maximum atomic E-state index is 13.2. The van der Waals surface area contributed by atoms with E-state index in [2.05, 4.69) is 5.32 Å². The standard InChI is InChI=1S/C22H19F3N2O4S/c1-12-18(20(28)29-2)19(13-6-7-16-17(10-13)31-9-8-30-16)26-21(32)27(12)15-5-3-4-14(11-15)22(23,24)25/h3-7,10-11,19H,8-9H2,1-2H3,(H,26,32). The molecule has 168 valence electrons. The molecule has 10 heteroatoms. The lowest BCUT2D eigenvalue weighted by atomic mass is 9.94. The minimum Gasteiger partial charge on any atom is -0.486 e. The van der Waals surface area contributed by atoms with Gasteiger partial charge in [-0.3, -0.25) is 4.90 Å². The first-order chi connectivity index (χ1) is 15.2. The summed E-state index contributed by atoms with van der Waals surface area (Å²) in [5.74, 6) is 0.488. The van der Waals surface area contributed by atoms with Crippen LogP contribution in [-0.2, 0) is 15.7 Å². The monoisotopic (exact) mass is 464 g/mol. The molecule has 2 heterocycles. The number of methoxy groups -OCH3 is 1. The number of ether oxygens (including phenoxy) is 3. The second kappa shape index (κ2) is 8.34. The Morgan fingerprint density at radius 3 is 2.56 bits per heavy atom. The van der Waals surface area contributed by atoms with Crippen LogP contribution >= 0.6 is 12.2 Å². The van der Waals surface area contributed by atoms with Crippen molar-refractivity contribution in [2.24, 2.45) is 0 Å². The number of nitrogens with zero attached hydrogens (tertiary/aromatic N) is 1. The number of hydrogen-bond donors (Lipinski definition) is 1. The lowest BCUT2D eigenvalue weighted by Crippen LogP contribution is -2.48. The Hall–Kier alpha value is -3.27. The molecule has 6 nitrogen and oxygen atoms in total. The summed E-state index contributed by atoms with van der Waals surface area (Å²) in [6, 6.07) is 9.30. The maximum Gasteiger partial charge on any atom is 0.416 e. The average Bonchev–Trinajstić information content (AvgIpc) is 2.77. The molecular weight excluding hydrogens is 445 g/mol. The van der Waals surface area contributed by atoms with Crippen molar-refractivity contribution in [1.82, 2.24) is 5.32 Å². The predicted molar refractivity (Wildman–Crippen MR) is 115 cm³/mol. The van der Waals surface area contributed by atoms with Crippen molar-refractivity contribution in [3.05, 3.63) is 64.9 Å². The quantitative estimate of drug-likeness (QED) is 0.535. The van der Waals surface area contributed by atoms with E-state index < -0.39 is 23.8 Å². The molecule has 2 aromatic rings. The topological polar surface area (TPSA) is 60.0 Å². The van der Waals surface area contributed by atoms with Crippen LogP contribution < -0.4 is 19.7 Å². The van der Waals surface area contributed by atoms with Crippen LogP contribution in [0.3, 0.4) is 0 Å². The Labute approximate surface area is 187 Å². The van der Waals surface area contributed by atoms with Crippen LogP contribution in [0.2, 0.25) is 0 Å². The lowest BCUT2D eigenvalue weighted by molar-refractivity contribution is -0.138. The summed E-state index contributed by atoms with van der Waals surface area (Å²) < 4.78 is 55.9. The van der Waals surface area contributed by atoms with E-state index in [9.17, 15) is 18.0 Å². The van der Waals surface area contributed by atoms with Gasteiger partial charge in [-0.05, 0) is 55.0 Å². The third-order valence-corrected chi connectivity index (χ3v) is 5.52. The van der Waals surface area contributed by atoms with E-state index >= 15 is 0 Å². The minimum atomic E-state index is -4.52. The lowest BCUT2D eigenvalue weighted by Gasteiger charge is -2.37. The van der Waals surface area contributed by atoms with E-state index in [0.29, 0.717) is 36.0 Å². The molecule has 0 amide bonds. The molecule has 0 spiro atoms. The zero-order valence-corrected chi connectivity index (χ0v) is 18.0. The number of anilines is 1. The van der Waals surface area contributed by atoms with Gasteiger partial charge in [-0.25, -0.2) is 4.79 Å². The Bertz CT molecular complexity index is 1120. The Morgan fingerprint density at radius 2 is 1.88 bits per heavy atom. The zero-order chi connectivity index (χ0) is 23.0. The van der Waals surface area contributed by atoms with E-state index in [4.69, 9.17) is 26.4 Å². The van der Waals surface area contributed by atoms with Gasteiger partial charge in [-0.15, -0.1) is 0 Å². The van der Waals surface area contributed by atoms with Gasteiger partial charge in [0.05, 0.1) is 24.3 Å². The number of nitrogens with one attached hydrogen (secondary N) is 1. The van der Waals surface area contributed by atoms with Crippen LogP contribution in [0, 0.1) is 0 Å². The van der Waals surface area contributed by atoms with E-state index in [0.717, 1.165) is 12.1 Å². The Morgan fingerprint density at radius 1 is 1.16 bits per heavy atom. The molecule has 0 fully saturated rings. The molecule has 4 rings (SSSR count). The summed E-state index contributed by atoms with van der Waals surface area (Å²) in [5, 5.41) is 3.21. The zero-order valence-electron chi connectivity index (χ0n) is 17.2. The SMILES string of the molecule is COC(=O)C1=C(C)N(c2cccc(C(F)(F)F)c2)C(=S)NC1c1ccc2c(c1)OCCO2. The number of rotatable bonds is 3. The highest BCUT2D eigenvalue weighted by atomic mass is 32.1. The van der Waals surface area contributed by atoms with Gasteiger partial charge in [0.25, 0.3) is 0 Å². The van der Waals surface area contributed by atoms with Gasteiger partial charge in [0.15, 0.2) is 16.6 Å². The molecule has 0 saturated heterocycles. The van der Waals surface area contributed by atoms with E-state index in [1.807, 2.05) is 0 Å². The van der Waals surface area contributed by atoms with Crippen LogP contribution in [0.15, 0.2) is 53.7 Å². The van der Waals surface area contributed by atoms with E-state index in [1.54, 1.807) is 25.1 Å². The third kappa shape index (κ3) is 3.97. The fourth-order valence-electron chi connectivity index (χ4n) is 3.74. The number of esters is 1. The largest absolute Gasteiger partial charge is 0.486 e. The molecule has 0 radical (unpaired) electrons. The van der Waals surface area contributed by atoms with Crippen molar-refractivity contribution in [2.45, 2.75) is 19.1 Å². The summed E-state index contributed by atoms with van der Waals surface area (Å²) in [4.78, 5) is 14.1. The van der Waals surface area contributed by atoms with Crippen molar-refractivity contribution in [3.8, 4) is 11.5 Å². The summed E-state index contributed by atoms with van der Waals surface area (Å²) in [5.41, 5.74) is 0.603. The number of carbonyl (C=O) groups is 1. The molecule has 32 heavy (non-hydrogen) atoms. The summed E-state index contributed by atoms with van der Waals surface area (Å²) in [6.07, 6.45) is -4.52. The number of halogens is 3. The molecule has 1 N–H and O–H groups in total. The second-order valence-electron chi connectivity index (χ2n) is 7.16. The minimum absolute atomic E-state index is 0.148. The third-order valence-electron chi connectivity index (χ3n) is 5.22. The number of benzene rings is 2. The van der Waals surface area contributed by atoms with Gasteiger partial charge in [0.2, 0.25) is 0 Å². The van der Waals surface area contributed by atoms with Crippen molar-refractivity contribution >= 4 is 29.0 Å². The maximum absolute atomic E-state index is 13.2. The van der Waals surface area contributed by atoms with Gasteiger partial charge >= 0.3 is 12.1 Å². The van der Waals surface area contributed by atoms with Crippen LogP contribution in [0.5, 0.6) is 11.5 Å². The number of alkyl halides is 3. The van der Waals surface area contributed by atoms with Gasteiger partial charge in [-0.2, -0.15) is 13.2 Å². The number of allylic oxidation sites excluding steroid dienone is 1. The smallest absolute Gasteiger partial charge is 0.416 e. The van der Waals surface area contributed by atoms with Crippen LogP contribution in [0.1, 0.15) is 24.1 Å². The van der Waals surface area contributed by atoms with E-state index in [-0.39, 0.29) is 16.4 Å². The Balaban J connectivity index is 1.80. The second-order valence-corrected chi connectivity index (χ2v) is 7.55. The molecule has 2 aliphatic heterocycles. The fourth-order valence-corrected chi connectivity index (χ4v) is 4.10. The highest BCUT2D eigenvalue weighted by Crippen LogP contribution is 2.39. The van der Waals surface area contributed by atoms with Crippen molar-refractivity contribution in [2.75, 3.05) is 25.2 Å². The number of thiocarbonyl (C=S) groups is 1. The van der Waals surface area contributed by atoms with Crippen LogP contribution in [0.4, 0.5) is 18.9 Å². The molecule has 2 aliphatic rings. The Kier molecular flexibility index (Phi) is 5.72. The number of fused-ring (bicyclic) bond motifs is 1. The first kappa shape index (κ1) is 21.9. The summed E-state index contributed by atoms with van der Waals surface area (Å²) in [6.45, 7) is 2.45. The fraction of sp³-hybridized carbons (Fsp3) is 0.273. The molecule has 1 unspecified atom stereocenters. The van der Waals surface area contributed by atoms with Crippen molar-refractivity contribution in [1.29, 1.82) is 0 Å². The number of carbonyl (C=O) groups excluding carboxylic acids is 1. The van der Waals surface area contributed by atoms with Crippen molar-refractivity contribution < 1.29 is 32.2 Å². The first-order valence-corrected chi connectivity index (χ1v) is 10.1. The van der Waals surface area contributed by atoms with Crippen LogP contribution in [-0.4, -0.2) is 31.4 Å². The van der Waals surface area contributed by atoms with Gasteiger partial charge < -0.3 is 19.5 Å². The molecule has 1 atom stereocenters. The molecule has 0 aliphatic carbocycles. The van der Waals surface area contributed by atoms with Gasteiger partial charge in [-0.1, -0.05) is 12.1 Å². The highest BCUT2D eigenvalue weighted by Gasteiger charge is 2.37. The summed E-state index contributed by atoms with van der Waals surface area (Å²) >= 11 is 5.49. The molecular formula is C22H19F3N2O4S. The molecule has 0 saturated carbocycles. The highest BCUT2D eigenvalue weighted by molar-refractivity contribution is 7.80. The molecule has 0 aromatic heterocycles. The van der Waals surface area contributed by atoms with E-state index in [1.165, 1.54) is 24.1 Å². The van der Waals surface area contributed by atoms with Crippen molar-refractivity contribution in [3.63, 3.8) is 0 Å². The van der Waals surface area contributed by atoms with Gasteiger partial charge in [0.1, 0.15) is 13.2 Å². The summed E-state index contributed by atoms with van der Waals surface area (Å²) in [7, 11) is 1.24. The predicted octanol–water partition coefficient (Wildman–Crippen LogP) is 4.36. The van der Waals surface area contributed by atoms with Gasteiger partial charge in [0, 0.05) is 11.4 Å². The average molecular weight is 464 g/mol.